The van der Waals surface area contributed by atoms with E-state index in [4.69, 9.17) is 11.1 Å². The van der Waals surface area contributed by atoms with Gasteiger partial charge in [0.25, 0.3) is 0 Å². The fraction of sp³-hybridized carbons (Fsp3) is 0.308. The number of aromatic nitrogens is 2. The van der Waals surface area contributed by atoms with Gasteiger partial charge >= 0.3 is 0 Å². The first kappa shape index (κ1) is 13.5. The number of anilines is 1. The number of nitrogens with one attached hydrogen (secondary N) is 1. The number of aryl methyl sites for hydroxylation is 2. The van der Waals surface area contributed by atoms with Gasteiger partial charge in [-0.15, -0.1) is 11.3 Å². The molecule has 0 fully saturated rings. The van der Waals surface area contributed by atoms with Crippen LogP contribution in [0.15, 0.2) is 17.6 Å². The van der Waals surface area contributed by atoms with Crippen molar-refractivity contribution in [2.75, 3.05) is 11.9 Å². The average Bonchev–Trinajstić information content (AvgIpc) is 2.73. The highest BCUT2D eigenvalue weighted by molar-refractivity contribution is 7.09. The zero-order chi connectivity index (χ0) is 14.0. The Morgan fingerprint density at radius 1 is 1.47 bits per heavy atom. The maximum Gasteiger partial charge on any atom is 0.139 e. The van der Waals surface area contributed by atoms with Crippen LogP contribution in [0.2, 0.25) is 0 Å². The minimum atomic E-state index is 0.0434. The standard InChI is InChI=1S/C13H17N5S/c1-8-4-5-16-13(11(8)12(14)15)18(3)6-10-7-19-9(2)17-10/h4-5,7H,6H2,1-3H3,(H3,14,15). The Morgan fingerprint density at radius 2 is 2.21 bits per heavy atom. The summed E-state index contributed by atoms with van der Waals surface area (Å²) in [6.07, 6.45) is 1.74. The van der Waals surface area contributed by atoms with Crippen molar-refractivity contribution in [1.82, 2.24) is 9.97 Å². The van der Waals surface area contributed by atoms with Crippen LogP contribution < -0.4 is 10.6 Å². The molecular weight excluding hydrogens is 258 g/mol. The number of amidine groups is 1. The molecule has 6 heteroatoms. The van der Waals surface area contributed by atoms with Crippen molar-refractivity contribution in [3.63, 3.8) is 0 Å². The van der Waals surface area contributed by atoms with E-state index in [1.165, 1.54) is 0 Å². The van der Waals surface area contributed by atoms with Crippen LogP contribution in [0.5, 0.6) is 0 Å². The molecule has 0 aliphatic carbocycles. The molecule has 19 heavy (non-hydrogen) atoms. The van der Waals surface area contributed by atoms with Crippen LogP contribution in [0, 0.1) is 19.3 Å². The third kappa shape index (κ3) is 2.90. The topological polar surface area (TPSA) is 78.9 Å². The lowest BCUT2D eigenvalue weighted by Crippen LogP contribution is -2.24. The molecule has 0 saturated carbocycles. The minimum absolute atomic E-state index is 0.0434. The highest BCUT2D eigenvalue weighted by atomic mass is 32.1. The number of nitrogen functional groups attached to an aromatic ring is 1. The molecule has 0 aromatic carbocycles. The molecule has 0 radical (unpaired) electrons. The number of thiazole rings is 1. The van der Waals surface area contributed by atoms with Gasteiger partial charge in [-0.1, -0.05) is 0 Å². The lowest BCUT2D eigenvalue weighted by molar-refractivity contribution is 0.867. The molecule has 2 heterocycles. The van der Waals surface area contributed by atoms with Crippen molar-refractivity contribution in [3.05, 3.63) is 39.5 Å². The van der Waals surface area contributed by atoms with E-state index in [1.807, 2.05) is 37.2 Å². The summed E-state index contributed by atoms with van der Waals surface area (Å²) < 4.78 is 0. The summed E-state index contributed by atoms with van der Waals surface area (Å²) >= 11 is 1.63. The van der Waals surface area contributed by atoms with E-state index in [2.05, 4.69) is 9.97 Å². The Kier molecular flexibility index (Phi) is 3.80. The van der Waals surface area contributed by atoms with E-state index < -0.39 is 0 Å². The van der Waals surface area contributed by atoms with Crippen molar-refractivity contribution < 1.29 is 0 Å². The van der Waals surface area contributed by atoms with Crippen LogP contribution in [-0.2, 0) is 6.54 Å². The molecule has 0 spiro atoms. The van der Waals surface area contributed by atoms with Gasteiger partial charge in [-0.3, -0.25) is 5.41 Å². The van der Waals surface area contributed by atoms with Crippen molar-refractivity contribution >= 4 is 23.0 Å². The van der Waals surface area contributed by atoms with Crippen LogP contribution in [0.25, 0.3) is 0 Å². The van der Waals surface area contributed by atoms with E-state index >= 15 is 0 Å². The Hall–Kier alpha value is -1.95. The molecule has 2 rings (SSSR count). The van der Waals surface area contributed by atoms with E-state index in [-0.39, 0.29) is 5.84 Å². The summed E-state index contributed by atoms with van der Waals surface area (Å²) in [6, 6.07) is 1.86. The highest BCUT2D eigenvalue weighted by Gasteiger charge is 2.14. The molecule has 100 valence electrons. The Labute approximate surface area is 116 Å². The summed E-state index contributed by atoms with van der Waals surface area (Å²) in [7, 11) is 1.93. The first-order chi connectivity index (χ1) is 8.99. The fourth-order valence-corrected chi connectivity index (χ4v) is 2.57. The van der Waals surface area contributed by atoms with Gasteiger partial charge < -0.3 is 10.6 Å². The predicted molar refractivity (Wildman–Crippen MR) is 78.9 cm³/mol. The largest absolute Gasteiger partial charge is 0.384 e. The van der Waals surface area contributed by atoms with Crippen LogP contribution in [0.3, 0.4) is 0 Å². The summed E-state index contributed by atoms with van der Waals surface area (Å²) in [5.41, 5.74) is 8.31. The third-order valence-electron chi connectivity index (χ3n) is 2.84. The molecule has 0 aliphatic rings. The van der Waals surface area contributed by atoms with Crippen LogP contribution in [0.1, 0.15) is 21.8 Å². The van der Waals surface area contributed by atoms with E-state index in [0.29, 0.717) is 12.1 Å². The first-order valence-electron chi connectivity index (χ1n) is 5.91. The number of hydrogen-bond donors (Lipinski definition) is 2. The summed E-state index contributed by atoms with van der Waals surface area (Å²) in [5, 5.41) is 10.8. The number of nitrogens with two attached hydrogens (primary N) is 1. The predicted octanol–water partition coefficient (Wildman–Crippen LogP) is 2.08. The zero-order valence-electron chi connectivity index (χ0n) is 11.3. The lowest BCUT2D eigenvalue weighted by Gasteiger charge is -2.20. The van der Waals surface area contributed by atoms with Crippen molar-refractivity contribution in [3.8, 4) is 0 Å². The van der Waals surface area contributed by atoms with Crippen LogP contribution in [-0.4, -0.2) is 22.9 Å². The first-order valence-corrected chi connectivity index (χ1v) is 6.79. The van der Waals surface area contributed by atoms with Gasteiger partial charge in [-0.2, -0.15) is 0 Å². The van der Waals surface area contributed by atoms with Gasteiger partial charge in [0.05, 0.1) is 22.8 Å². The monoisotopic (exact) mass is 275 g/mol. The number of rotatable bonds is 4. The van der Waals surface area contributed by atoms with E-state index in [0.717, 1.165) is 22.1 Å². The third-order valence-corrected chi connectivity index (χ3v) is 3.66. The van der Waals surface area contributed by atoms with Gasteiger partial charge in [-0.25, -0.2) is 9.97 Å². The second-order valence-electron chi connectivity index (χ2n) is 4.45. The second kappa shape index (κ2) is 5.36. The van der Waals surface area contributed by atoms with Crippen molar-refractivity contribution in [2.45, 2.75) is 20.4 Å². The van der Waals surface area contributed by atoms with Gasteiger partial charge in [0, 0.05) is 18.6 Å². The lowest BCUT2D eigenvalue weighted by atomic mass is 10.1. The van der Waals surface area contributed by atoms with Crippen LogP contribution >= 0.6 is 11.3 Å². The molecule has 0 unspecified atom stereocenters. The maximum atomic E-state index is 7.69. The molecule has 0 saturated heterocycles. The molecule has 3 N–H and O–H groups in total. The smallest absolute Gasteiger partial charge is 0.139 e. The Bertz CT molecular complexity index is 605. The van der Waals surface area contributed by atoms with Crippen LogP contribution in [0.4, 0.5) is 5.82 Å². The SMILES string of the molecule is Cc1nc(CN(C)c2nccc(C)c2C(=N)N)cs1. The van der Waals surface area contributed by atoms with Crippen molar-refractivity contribution in [1.29, 1.82) is 5.41 Å². The van der Waals surface area contributed by atoms with Gasteiger partial charge in [-0.05, 0) is 25.5 Å². The van der Waals surface area contributed by atoms with Crippen molar-refractivity contribution in [2.24, 2.45) is 5.73 Å². The molecule has 0 aliphatic heterocycles. The molecular formula is C13H17N5S. The summed E-state index contributed by atoms with van der Waals surface area (Å²) in [5.74, 6) is 0.764. The van der Waals surface area contributed by atoms with E-state index in [1.54, 1.807) is 17.5 Å². The quantitative estimate of drug-likeness (QED) is 0.661. The number of hydrogen-bond acceptors (Lipinski definition) is 5. The fourth-order valence-electron chi connectivity index (χ4n) is 1.96. The summed E-state index contributed by atoms with van der Waals surface area (Å²) in [4.78, 5) is 10.8. The molecule has 0 bridgehead atoms. The molecule has 0 amide bonds. The number of nitrogens with zero attached hydrogens (tertiary/aromatic N) is 3. The Morgan fingerprint density at radius 3 is 2.79 bits per heavy atom. The van der Waals surface area contributed by atoms with E-state index in [9.17, 15) is 0 Å². The minimum Gasteiger partial charge on any atom is -0.384 e. The van der Waals surface area contributed by atoms with Gasteiger partial charge in [0.2, 0.25) is 0 Å². The molecule has 2 aromatic rings. The molecule has 0 atom stereocenters. The van der Waals surface area contributed by atoms with Gasteiger partial charge in [0.1, 0.15) is 11.7 Å². The normalized spacial score (nSPS) is 10.5. The maximum absolute atomic E-state index is 7.69. The summed E-state index contributed by atoms with van der Waals surface area (Å²) in [6.45, 7) is 4.57. The van der Waals surface area contributed by atoms with Gasteiger partial charge in [0.15, 0.2) is 0 Å². The molecule has 2 aromatic heterocycles. The Balaban J connectivity index is 2.31. The zero-order valence-corrected chi connectivity index (χ0v) is 12.1. The highest BCUT2D eigenvalue weighted by Crippen LogP contribution is 2.21. The molecule has 5 nitrogen and oxygen atoms in total. The second-order valence-corrected chi connectivity index (χ2v) is 5.52. The number of pyridine rings is 1. The average molecular weight is 275 g/mol.